The highest BCUT2D eigenvalue weighted by molar-refractivity contribution is 9.10. The molecule has 2 rings (SSSR count). The van der Waals surface area contributed by atoms with Crippen LogP contribution in [0.3, 0.4) is 0 Å². The number of halogens is 1. The molecule has 0 saturated carbocycles. The Hall–Kier alpha value is -1.29. The number of para-hydroxylation sites is 1. The molecule has 3 nitrogen and oxygen atoms in total. The first kappa shape index (κ1) is 12.2. The Kier molecular flexibility index (Phi) is 3.84. The summed E-state index contributed by atoms with van der Waals surface area (Å²) in [6.07, 6.45) is 1.87. The fourth-order valence-electron chi connectivity index (χ4n) is 1.51. The van der Waals surface area contributed by atoms with Gasteiger partial charge in [0.25, 0.3) is 0 Å². The molecule has 1 aromatic carbocycles. The van der Waals surface area contributed by atoms with Gasteiger partial charge in [-0.25, -0.2) is 4.79 Å². The molecule has 0 aliphatic rings. The highest BCUT2D eigenvalue weighted by Gasteiger charge is 2.14. The van der Waals surface area contributed by atoms with Gasteiger partial charge in [-0.1, -0.05) is 25.5 Å². The van der Waals surface area contributed by atoms with E-state index in [1.165, 1.54) is 0 Å². The maximum atomic E-state index is 11.7. The van der Waals surface area contributed by atoms with Crippen molar-refractivity contribution in [1.82, 2.24) is 0 Å². The van der Waals surface area contributed by atoms with Gasteiger partial charge in [-0.2, -0.15) is 0 Å². The first-order chi connectivity index (χ1) is 8.22. The number of ether oxygens (including phenoxy) is 1. The van der Waals surface area contributed by atoms with Gasteiger partial charge in [0.15, 0.2) is 0 Å². The lowest BCUT2D eigenvalue weighted by Crippen LogP contribution is -2.04. The highest BCUT2D eigenvalue weighted by Crippen LogP contribution is 2.27. The van der Waals surface area contributed by atoms with E-state index in [-0.39, 0.29) is 5.76 Å². The zero-order chi connectivity index (χ0) is 12.3. The van der Waals surface area contributed by atoms with Crippen molar-refractivity contribution >= 4 is 32.9 Å². The minimum atomic E-state index is -0.401. The molecular formula is C13H13BrO3. The van der Waals surface area contributed by atoms with E-state index in [1.807, 2.05) is 25.1 Å². The Morgan fingerprint density at radius 3 is 3.00 bits per heavy atom. The monoisotopic (exact) mass is 296 g/mol. The van der Waals surface area contributed by atoms with Gasteiger partial charge in [0.2, 0.25) is 5.76 Å². The van der Waals surface area contributed by atoms with Crippen molar-refractivity contribution in [3.63, 3.8) is 0 Å². The molecule has 0 aliphatic carbocycles. The molecule has 17 heavy (non-hydrogen) atoms. The molecular weight excluding hydrogens is 284 g/mol. The lowest BCUT2D eigenvalue weighted by atomic mass is 10.2. The van der Waals surface area contributed by atoms with Gasteiger partial charge < -0.3 is 9.15 Å². The lowest BCUT2D eigenvalue weighted by molar-refractivity contribution is 0.0466. The van der Waals surface area contributed by atoms with Gasteiger partial charge in [-0.3, -0.25) is 0 Å². The average molecular weight is 297 g/mol. The predicted octanol–water partition coefficient (Wildman–Crippen LogP) is 4.15. The molecule has 0 unspecified atom stereocenters. The molecule has 0 N–H and O–H groups in total. The normalized spacial score (nSPS) is 10.7. The number of rotatable bonds is 4. The lowest BCUT2D eigenvalue weighted by Gasteiger charge is -1.99. The van der Waals surface area contributed by atoms with Crippen molar-refractivity contribution in [2.24, 2.45) is 0 Å². The van der Waals surface area contributed by atoms with Crippen LogP contribution in [-0.2, 0) is 4.74 Å². The molecule has 0 radical (unpaired) electrons. The van der Waals surface area contributed by atoms with E-state index < -0.39 is 5.97 Å². The number of esters is 1. The van der Waals surface area contributed by atoms with Gasteiger partial charge in [-0.15, -0.1) is 0 Å². The predicted molar refractivity (Wildman–Crippen MR) is 69.1 cm³/mol. The number of carbonyl (C=O) groups is 1. The fourth-order valence-corrected chi connectivity index (χ4v) is 1.97. The first-order valence-electron chi connectivity index (χ1n) is 5.57. The number of furan rings is 1. The van der Waals surface area contributed by atoms with Crippen LogP contribution in [0.4, 0.5) is 0 Å². The molecule has 0 bridgehead atoms. The van der Waals surface area contributed by atoms with Crippen LogP contribution < -0.4 is 0 Å². The Balaban J connectivity index is 2.19. The SMILES string of the molecule is CCCCOC(=O)c1cc2cccc(Br)c2o1. The van der Waals surface area contributed by atoms with Crippen LogP contribution in [0.2, 0.25) is 0 Å². The van der Waals surface area contributed by atoms with E-state index in [9.17, 15) is 4.79 Å². The maximum Gasteiger partial charge on any atom is 0.374 e. The molecule has 0 atom stereocenters. The third-order valence-electron chi connectivity index (χ3n) is 2.43. The summed E-state index contributed by atoms with van der Waals surface area (Å²) in [5, 5.41) is 0.891. The van der Waals surface area contributed by atoms with Gasteiger partial charge in [0.1, 0.15) is 5.58 Å². The number of fused-ring (bicyclic) bond motifs is 1. The third-order valence-corrected chi connectivity index (χ3v) is 3.05. The summed E-state index contributed by atoms with van der Waals surface area (Å²) in [7, 11) is 0. The van der Waals surface area contributed by atoms with Crippen molar-refractivity contribution < 1.29 is 13.9 Å². The highest BCUT2D eigenvalue weighted by atomic mass is 79.9. The smallest absolute Gasteiger partial charge is 0.374 e. The second-order valence-corrected chi connectivity index (χ2v) is 4.61. The molecule has 0 saturated heterocycles. The zero-order valence-corrected chi connectivity index (χ0v) is 11.1. The van der Waals surface area contributed by atoms with E-state index in [1.54, 1.807) is 6.07 Å². The summed E-state index contributed by atoms with van der Waals surface area (Å²) in [4.78, 5) is 11.7. The summed E-state index contributed by atoms with van der Waals surface area (Å²) in [5.74, 6) is -0.149. The molecule has 0 fully saturated rings. The van der Waals surface area contributed by atoms with Gasteiger partial charge in [0, 0.05) is 5.39 Å². The standard InChI is InChI=1S/C13H13BrO3/c1-2-3-7-16-13(15)11-8-9-5-4-6-10(14)12(9)17-11/h4-6,8H,2-3,7H2,1H3. The molecule has 0 aliphatic heterocycles. The number of carbonyl (C=O) groups excluding carboxylic acids is 1. The van der Waals surface area contributed by atoms with E-state index in [0.717, 1.165) is 22.7 Å². The number of benzene rings is 1. The molecule has 0 amide bonds. The van der Waals surface area contributed by atoms with Crippen LogP contribution in [0.5, 0.6) is 0 Å². The fraction of sp³-hybridized carbons (Fsp3) is 0.308. The molecule has 1 aromatic heterocycles. The first-order valence-corrected chi connectivity index (χ1v) is 6.37. The van der Waals surface area contributed by atoms with Crippen LogP contribution in [0.1, 0.15) is 30.3 Å². The quantitative estimate of drug-likeness (QED) is 0.628. The summed E-state index contributed by atoms with van der Waals surface area (Å²) in [6.45, 7) is 2.49. The number of hydrogen-bond donors (Lipinski definition) is 0. The van der Waals surface area contributed by atoms with E-state index in [2.05, 4.69) is 15.9 Å². The summed E-state index contributed by atoms with van der Waals surface area (Å²) >= 11 is 3.38. The van der Waals surface area contributed by atoms with E-state index >= 15 is 0 Å². The third kappa shape index (κ3) is 2.69. The number of hydrogen-bond acceptors (Lipinski definition) is 3. The van der Waals surface area contributed by atoms with Gasteiger partial charge in [0.05, 0.1) is 11.1 Å². The average Bonchev–Trinajstić information content (AvgIpc) is 2.75. The maximum absolute atomic E-state index is 11.7. The Labute approximate surface area is 108 Å². The van der Waals surface area contributed by atoms with Crippen LogP contribution in [0.15, 0.2) is 33.2 Å². The second kappa shape index (κ2) is 5.36. The second-order valence-electron chi connectivity index (χ2n) is 3.76. The Morgan fingerprint density at radius 2 is 2.29 bits per heavy atom. The largest absolute Gasteiger partial charge is 0.460 e. The summed E-state index contributed by atoms with van der Waals surface area (Å²) in [5.41, 5.74) is 0.676. The number of unbranched alkanes of at least 4 members (excludes halogenated alkanes) is 1. The molecule has 0 spiro atoms. The van der Waals surface area contributed by atoms with Gasteiger partial charge >= 0.3 is 5.97 Å². The topological polar surface area (TPSA) is 39.4 Å². The summed E-state index contributed by atoms with van der Waals surface area (Å²) < 4.78 is 11.4. The van der Waals surface area contributed by atoms with Crippen molar-refractivity contribution in [3.8, 4) is 0 Å². The van der Waals surface area contributed by atoms with Crippen molar-refractivity contribution in [2.75, 3.05) is 6.61 Å². The van der Waals surface area contributed by atoms with Crippen molar-refractivity contribution in [1.29, 1.82) is 0 Å². The summed E-state index contributed by atoms with van der Waals surface area (Å²) in [6, 6.07) is 7.37. The molecule has 1 heterocycles. The molecule has 4 heteroatoms. The van der Waals surface area contributed by atoms with Gasteiger partial charge in [-0.05, 0) is 34.5 Å². The van der Waals surface area contributed by atoms with Crippen molar-refractivity contribution in [3.05, 3.63) is 34.5 Å². The minimum absolute atomic E-state index is 0.253. The van der Waals surface area contributed by atoms with Crippen LogP contribution in [0, 0.1) is 0 Å². The van der Waals surface area contributed by atoms with E-state index in [4.69, 9.17) is 9.15 Å². The zero-order valence-electron chi connectivity index (χ0n) is 9.53. The Morgan fingerprint density at radius 1 is 1.47 bits per heavy atom. The van der Waals surface area contributed by atoms with Crippen molar-refractivity contribution in [2.45, 2.75) is 19.8 Å². The Bertz CT molecular complexity index is 530. The minimum Gasteiger partial charge on any atom is -0.460 e. The van der Waals surface area contributed by atoms with Crippen LogP contribution in [-0.4, -0.2) is 12.6 Å². The molecule has 2 aromatic rings. The van der Waals surface area contributed by atoms with Crippen LogP contribution >= 0.6 is 15.9 Å². The molecule has 90 valence electrons. The van der Waals surface area contributed by atoms with Crippen LogP contribution in [0.25, 0.3) is 11.0 Å². The van der Waals surface area contributed by atoms with E-state index in [0.29, 0.717) is 12.2 Å².